The quantitative estimate of drug-likeness (QED) is 0.0382. The zero-order chi connectivity index (χ0) is 73.8. The molecule has 6 fully saturated rings. The number of aromatic nitrogens is 5. The molecule has 14 heterocycles. The Labute approximate surface area is 592 Å². The molecule has 6 aromatic rings. The number of nitro groups is 2. The summed E-state index contributed by atoms with van der Waals surface area (Å²) in [7, 11) is 6.31. The van der Waals surface area contributed by atoms with E-state index in [1.165, 1.54) is 58.5 Å². The number of aliphatic hydroxyl groups excluding tert-OH is 1. The summed E-state index contributed by atoms with van der Waals surface area (Å²) in [4.78, 5) is 144. The standard InChI is InChI=1S/C21H22N6O.C12H13N3O6.C11H11N3O3.C10H11N3O2.C7H5ClN2O4.C5H9NO2/c22-12-15-1-3-17(4-2-15)26-9-7-25(8-10-26)14-16-11-18-20(23-13-16)27-6-5-19(27)21(28)24-18;1-20-11(16)7-5-9(15(18)19)10(13-6-7)14-4-3-8(14)12(17)21-2;1-17-11(16)6-4-7-9(12-5-6)14-3-2-8(14)10(15)13-7;14-5-6-3-7-9(11-4-6)13-2-1-8(13)10(15)12-7;1-14-7(11)4-2-5(10(12)13)6(8)9-3-4;1-8-5(7)4-2-3-6-4/h1-4,11,13,19H,5-10,14H2,(H,24,28);5-6,8H,3-4H2,1-2H3;4-5,8H,2-3H2,1H3,(H,13,15);3-4,8,14H,1-2,5H2,(H,12,15);2-3H,1H3;4,6H,2-3H2,1H3/t19-;3*8-;;4-/m0000.0/s1. The number of fused-ring (bicyclic) bond motifs is 9. The zero-order valence-electron chi connectivity index (χ0n) is 56.3. The molecule has 6 saturated heterocycles. The Bertz CT molecular complexity index is 4310. The average Bonchev–Trinajstić information content (AvgIpc) is 0.772. The molecule has 0 radical (unpaired) electrons. The molecular weight excluding hydrogens is 1370 g/mol. The maximum absolute atomic E-state index is 12.1. The third kappa shape index (κ3) is 16.7. The summed E-state index contributed by atoms with van der Waals surface area (Å²) in [5.74, 6) is 0.0940. The molecular formula is C66H71ClN18O18. The Kier molecular flexibility index (Phi) is 23.8. The molecule has 3 amide bonds. The first kappa shape index (κ1) is 73.9. The van der Waals surface area contributed by atoms with Crippen molar-refractivity contribution in [3.05, 3.63) is 144 Å². The molecule has 36 nitrogen and oxygen atoms in total. The second kappa shape index (κ2) is 33.1. The predicted molar refractivity (Wildman–Crippen MR) is 367 cm³/mol. The molecule has 15 rings (SSSR count). The number of amides is 3. The lowest BCUT2D eigenvalue weighted by Crippen LogP contribution is -2.57. The van der Waals surface area contributed by atoms with Crippen molar-refractivity contribution in [2.24, 2.45) is 0 Å². The zero-order valence-corrected chi connectivity index (χ0v) is 57.1. The Morgan fingerprint density at radius 1 is 0.553 bits per heavy atom. The SMILES string of the molecule is COC(=O)[C@@H]1CCN1.COC(=O)c1cnc(Cl)c([N+](=O)[O-])c1.COC(=O)c1cnc(N2CC[C@H]2C(=O)OC)c([N+](=O)[O-])c1.COC(=O)c1cnc2c(c1)NC(=O)[C@@H]1CCN21.N#Cc1ccc(N2CCN(Cc3cnc4c(c3)NC(=O)[C@@H]3CCN43)CC2)cc1.O=C1Nc2cc(CO)cnc2N2CC[C@@H]12. The second-order valence-electron chi connectivity index (χ2n) is 24.0. The number of nitrogens with one attached hydrogen (secondary N) is 4. The van der Waals surface area contributed by atoms with Crippen LogP contribution in [0.15, 0.2) is 85.6 Å². The largest absolute Gasteiger partial charge is 0.468 e. The van der Waals surface area contributed by atoms with Gasteiger partial charge in [0.1, 0.15) is 30.2 Å². The van der Waals surface area contributed by atoms with Crippen molar-refractivity contribution in [2.75, 3.05) is 135 Å². The van der Waals surface area contributed by atoms with Gasteiger partial charge in [-0.25, -0.2) is 44.1 Å². The minimum Gasteiger partial charge on any atom is -0.468 e. The summed E-state index contributed by atoms with van der Waals surface area (Å²) in [6.07, 6.45) is 11.5. The van der Waals surface area contributed by atoms with Crippen LogP contribution in [0, 0.1) is 31.6 Å². The van der Waals surface area contributed by atoms with Gasteiger partial charge in [-0.2, -0.15) is 5.26 Å². The van der Waals surface area contributed by atoms with Crippen molar-refractivity contribution >= 4 is 117 Å². The molecule has 5 N–H and O–H groups in total. The molecule has 540 valence electrons. The summed E-state index contributed by atoms with van der Waals surface area (Å²) in [6.45, 7) is 8.65. The number of methoxy groups -OCH3 is 5. The van der Waals surface area contributed by atoms with Gasteiger partial charge in [0.05, 0.1) is 97.4 Å². The molecule has 1 aromatic carbocycles. The number of piperazine rings is 1. The fraction of sp³-hybridized carbons (Fsp3) is 0.394. The number of pyridine rings is 5. The van der Waals surface area contributed by atoms with Crippen molar-refractivity contribution in [3.8, 4) is 6.07 Å². The Balaban J connectivity index is 0.000000138. The van der Waals surface area contributed by atoms with E-state index in [-0.39, 0.29) is 82.3 Å². The molecule has 9 aliphatic heterocycles. The number of hydrogen-bond acceptors (Lipinski definition) is 31. The van der Waals surface area contributed by atoms with Crippen LogP contribution in [0.4, 0.5) is 57.4 Å². The van der Waals surface area contributed by atoms with Gasteiger partial charge in [0, 0.05) is 108 Å². The van der Waals surface area contributed by atoms with Gasteiger partial charge in [-0.1, -0.05) is 11.6 Å². The first-order valence-electron chi connectivity index (χ1n) is 32.2. The molecule has 0 saturated carbocycles. The third-order valence-electron chi connectivity index (χ3n) is 18.0. The van der Waals surface area contributed by atoms with E-state index < -0.39 is 45.5 Å². The molecule has 37 heteroatoms. The van der Waals surface area contributed by atoms with Gasteiger partial charge in [-0.3, -0.25) is 44.3 Å². The highest BCUT2D eigenvalue weighted by molar-refractivity contribution is 6.31. The minimum absolute atomic E-state index is 0.0106. The second-order valence-corrected chi connectivity index (χ2v) is 24.4. The molecule has 5 atom stereocenters. The lowest BCUT2D eigenvalue weighted by atomic mass is 9.99. The van der Waals surface area contributed by atoms with Gasteiger partial charge in [0.25, 0.3) is 0 Å². The number of esters is 5. The molecule has 9 aliphatic rings. The van der Waals surface area contributed by atoms with E-state index in [0.717, 1.165) is 132 Å². The van der Waals surface area contributed by atoms with Crippen molar-refractivity contribution in [2.45, 2.75) is 75.5 Å². The number of benzene rings is 1. The Hall–Kier alpha value is -11.8. The molecule has 0 bridgehead atoms. The van der Waals surface area contributed by atoms with E-state index in [9.17, 15) is 58.6 Å². The van der Waals surface area contributed by atoms with E-state index in [1.54, 1.807) is 18.3 Å². The lowest BCUT2D eigenvalue weighted by Gasteiger charge is -2.44. The monoisotopic (exact) mass is 1440 g/mol. The maximum atomic E-state index is 12.1. The number of anilines is 8. The highest BCUT2D eigenvalue weighted by Gasteiger charge is 2.44. The van der Waals surface area contributed by atoms with Crippen molar-refractivity contribution in [1.29, 1.82) is 5.26 Å². The normalized spacial score (nSPS) is 19.3. The predicted octanol–water partition coefficient (Wildman–Crippen LogP) is 3.79. The fourth-order valence-electron chi connectivity index (χ4n) is 11.9. The van der Waals surface area contributed by atoms with Gasteiger partial charge in [0.2, 0.25) is 28.7 Å². The molecule has 103 heavy (non-hydrogen) atoms. The van der Waals surface area contributed by atoms with Gasteiger partial charge >= 0.3 is 41.2 Å². The summed E-state index contributed by atoms with van der Waals surface area (Å²) in [5.41, 5.74) is 5.36. The van der Waals surface area contributed by atoms with Crippen molar-refractivity contribution < 1.29 is 77.0 Å². The van der Waals surface area contributed by atoms with Crippen molar-refractivity contribution in [3.63, 3.8) is 0 Å². The van der Waals surface area contributed by atoms with Crippen LogP contribution < -0.4 is 45.8 Å². The van der Waals surface area contributed by atoms with E-state index in [0.29, 0.717) is 41.0 Å². The van der Waals surface area contributed by atoms with Crippen molar-refractivity contribution in [1.82, 2.24) is 35.1 Å². The smallest absolute Gasteiger partial charge is 0.339 e. The van der Waals surface area contributed by atoms with E-state index in [4.69, 9.17) is 22.0 Å². The Morgan fingerprint density at radius 3 is 1.40 bits per heavy atom. The minimum atomic E-state index is -0.720. The maximum Gasteiger partial charge on any atom is 0.339 e. The number of halogens is 1. The van der Waals surface area contributed by atoms with Crippen LogP contribution >= 0.6 is 11.6 Å². The van der Waals surface area contributed by atoms with E-state index in [2.05, 4.69) is 96.7 Å². The highest BCUT2D eigenvalue weighted by Crippen LogP contribution is 2.40. The first-order valence-corrected chi connectivity index (χ1v) is 32.6. The summed E-state index contributed by atoms with van der Waals surface area (Å²) < 4.78 is 22.6. The number of nitriles is 1. The van der Waals surface area contributed by atoms with Crippen LogP contribution in [0.3, 0.4) is 0 Å². The fourth-order valence-corrected chi connectivity index (χ4v) is 12.0. The van der Waals surface area contributed by atoms with Gasteiger partial charge in [-0.15, -0.1) is 0 Å². The number of carbonyl (C=O) groups is 8. The Morgan fingerprint density at radius 2 is 0.990 bits per heavy atom. The van der Waals surface area contributed by atoms with Crippen LogP contribution in [0.25, 0.3) is 0 Å². The molecule has 0 unspecified atom stereocenters. The number of nitrogens with zero attached hydrogens (tertiary/aromatic N) is 14. The van der Waals surface area contributed by atoms with Crippen LogP contribution in [-0.2, 0) is 60.8 Å². The molecule has 0 aliphatic carbocycles. The van der Waals surface area contributed by atoms with Crippen LogP contribution in [0.1, 0.15) is 79.9 Å². The number of ether oxygens (including phenoxy) is 5. The first-order chi connectivity index (χ1) is 49.6. The van der Waals surface area contributed by atoms with E-state index >= 15 is 0 Å². The number of carbonyl (C=O) groups excluding carboxylic acids is 8. The third-order valence-corrected chi connectivity index (χ3v) is 18.3. The van der Waals surface area contributed by atoms with E-state index in [1.807, 2.05) is 40.3 Å². The summed E-state index contributed by atoms with van der Waals surface area (Å²) in [6, 6.07) is 16.7. The average molecular weight is 1440 g/mol. The van der Waals surface area contributed by atoms with Crippen LogP contribution in [0.5, 0.6) is 0 Å². The number of hydrogen-bond donors (Lipinski definition) is 5. The highest BCUT2D eigenvalue weighted by atomic mass is 35.5. The number of rotatable bonds is 12. The topological polar surface area (TPSA) is 445 Å². The summed E-state index contributed by atoms with van der Waals surface area (Å²) >= 11 is 5.43. The number of aliphatic hydroxyl groups is 1. The van der Waals surface area contributed by atoms with Gasteiger partial charge in [-0.05, 0) is 92.2 Å². The van der Waals surface area contributed by atoms with Crippen LogP contribution in [-0.4, -0.2) is 217 Å². The van der Waals surface area contributed by atoms with Gasteiger partial charge in [0.15, 0.2) is 17.5 Å². The van der Waals surface area contributed by atoms with Gasteiger partial charge < -0.3 is 74.6 Å². The van der Waals surface area contributed by atoms with Crippen LogP contribution in [0.2, 0.25) is 5.15 Å². The molecule has 5 aromatic heterocycles. The lowest BCUT2D eigenvalue weighted by molar-refractivity contribution is -0.385. The summed E-state index contributed by atoms with van der Waals surface area (Å²) in [5, 5.41) is 50.7. The molecule has 0 spiro atoms.